The summed E-state index contributed by atoms with van der Waals surface area (Å²) in [5.74, 6) is 2.27. The molecule has 0 aromatic carbocycles. The van der Waals surface area contributed by atoms with Gasteiger partial charge in [-0.3, -0.25) is 0 Å². The lowest BCUT2D eigenvalue weighted by molar-refractivity contribution is 0.332. The monoisotopic (exact) mass is 202 g/mol. The first-order chi connectivity index (χ1) is 5.75. The summed E-state index contributed by atoms with van der Waals surface area (Å²) in [5.41, 5.74) is 0. The van der Waals surface area contributed by atoms with Crippen molar-refractivity contribution < 1.29 is 0 Å². The summed E-state index contributed by atoms with van der Waals surface area (Å²) in [5, 5.41) is 0. The summed E-state index contributed by atoms with van der Waals surface area (Å²) in [7, 11) is 0. The first-order valence-electron chi connectivity index (χ1n) is 5.48. The van der Waals surface area contributed by atoms with Crippen LogP contribution in [0, 0.1) is 17.8 Å². The van der Waals surface area contributed by atoms with Gasteiger partial charge in [0.25, 0.3) is 0 Å². The molecule has 2 atom stereocenters. The van der Waals surface area contributed by atoms with Gasteiger partial charge in [-0.15, -0.1) is 0 Å². The summed E-state index contributed by atoms with van der Waals surface area (Å²) in [4.78, 5) is 0. The molecule has 0 N–H and O–H groups in total. The maximum absolute atomic E-state index is 4.74. The molecule has 0 amide bonds. The van der Waals surface area contributed by atoms with Crippen LogP contribution >= 0.6 is 12.6 Å². The minimum atomic E-state index is 0.203. The quantitative estimate of drug-likeness (QED) is 0.628. The molecule has 2 unspecified atom stereocenters. The molecule has 0 aromatic rings. The number of rotatable bonds is 5. The molecule has 0 heterocycles. The van der Waals surface area contributed by atoms with Crippen molar-refractivity contribution in [2.45, 2.75) is 59.1 Å². The Morgan fingerprint density at radius 3 is 1.85 bits per heavy atom. The molecule has 0 aliphatic heterocycles. The smallest absolute Gasteiger partial charge is 0.0127 e. The van der Waals surface area contributed by atoms with Crippen LogP contribution in [-0.4, -0.2) is 4.75 Å². The second-order valence-corrected chi connectivity index (χ2v) is 6.47. The van der Waals surface area contributed by atoms with Crippen LogP contribution in [0.15, 0.2) is 0 Å². The van der Waals surface area contributed by atoms with Gasteiger partial charge in [0.05, 0.1) is 0 Å². The highest BCUT2D eigenvalue weighted by Crippen LogP contribution is 2.33. The van der Waals surface area contributed by atoms with Gasteiger partial charge >= 0.3 is 0 Å². The van der Waals surface area contributed by atoms with Gasteiger partial charge in [-0.2, -0.15) is 12.6 Å². The molecule has 0 radical (unpaired) electrons. The van der Waals surface area contributed by atoms with Gasteiger partial charge in [-0.05, 0) is 30.6 Å². The van der Waals surface area contributed by atoms with Crippen LogP contribution in [-0.2, 0) is 0 Å². The largest absolute Gasteiger partial charge is 0.173 e. The minimum absolute atomic E-state index is 0.203. The van der Waals surface area contributed by atoms with Crippen molar-refractivity contribution in [2.24, 2.45) is 17.8 Å². The van der Waals surface area contributed by atoms with Crippen LogP contribution in [0.25, 0.3) is 0 Å². The van der Waals surface area contributed by atoms with Crippen LogP contribution in [0.2, 0.25) is 0 Å². The highest BCUT2D eigenvalue weighted by atomic mass is 32.1. The fourth-order valence-corrected chi connectivity index (χ4v) is 2.14. The normalized spacial score (nSPS) is 19.2. The van der Waals surface area contributed by atoms with Gasteiger partial charge in [0.2, 0.25) is 0 Å². The number of hydrogen-bond acceptors (Lipinski definition) is 1. The Morgan fingerprint density at radius 2 is 1.54 bits per heavy atom. The Balaban J connectivity index is 3.96. The topological polar surface area (TPSA) is 0 Å². The van der Waals surface area contributed by atoms with Crippen molar-refractivity contribution in [2.75, 3.05) is 0 Å². The molecular weight excluding hydrogens is 176 g/mol. The highest BCUT2D eigenvalue weighted by Gasteiger charge is 2.25. The van der Waals surface area contributed by atoms with E-state index in [-0.39, 0.29) is 4.75 Å². The van der Waals surface area contributed by atoms with Crippen molar-refractivity contribution in [3.8, 4) is 0 Å². The Hall–Kier alpha value is 0.350. The second kappa shape index (κ2) is 5.29. The summed E-state index contributed by atoms with van der Waals surface area (Å²) in [6.07, 6.45) is 2.55. The molecule has 13 heavy (non-hydrogen) atoms. The van der Waals surface area contributed by atoms with E-state index < -0.39 is 0 Å². The molecule has 80 valence electrons. The summed E-state index contributed by atoms with van der Waals surface area (Å²) >= 11 is 4.74. The molecule has 0 aromatic heterocycles. The van der Waals surface area contributed by atoms with Crippen LogP contribution < -0.4 is 0 Å². The zero-order valence-corrected chi connectivity index (χ0v) is 11.0. The van der Waals surface area contributed by atoms with Crippen molar-refractivity contribution in [1.82, 2.24) is 0 Å². The van der Waals surface area contributed by atoms with Gasteiger partial charge in [-0.1, -0.05) is 41.5 Å². The fourth-order valence-electron chi connectivity index (χ4n) is 1.83. The molecular formula is C12H26S. The fraction of sp³-hybridized carbons (Fsp3) is 1.00. The molecule has 1 heteroatoms. The molecule has 0 saturated heterocycles. The molecule has 0 rings (SSSR count). The van der Waals surface area contributed by atoms with Crippen LogP contribution in [0.4, 0.5) is 0 Å². The first-order valence-corrected chi connectivity index (χ1v) is 5.92. The van der Waals surface area contributed by atoms with E-state index in [0.29, 0.717) is 5.92 Å². The van der Waals surface area contributed by atoms with E-state index in [0.717, 1.165) is 11.8 Å². The van der Waals surface area contributed by atoms with E-state index >= 15 is 0 Å². The van der Waals surface area contributed by atoms with E-state index in [1.807, 2.05) is 0 Å². The third-order valence-corrected chi connectivity index (χ3v) is 3.58. The maximum Gasteiger partial charge on any atom is 0.0127 e. The maximum atomic E-state index is 4.74. The molecule has 0 aliphatic carbocycles. The van der Waals surface area contributed by atoms with Gasteiger partial charge in [0, 0.05) is 4.75 Å². The first kappa shape index (κ1) is 13.4. The Morgan fingerprint density at radius 1 is 1.08 bits per heavy atom. The van der Waals surface area contributed by atoms with Crippen molar-refractivity contribution in [1.29, 1.82) is 0 Å². The van der Waals surface area contributed by atoms with E-state index in [2.05, 4.69) is 41.5 Å². The van der Waals surface area contributed by atoms with Crippen LogP contribution in [0.1, 0.15) is 54.4 Å². The average Bonchev–Trinajstić information content (AvgIpc) is 1.82. The Labute approximate surface area is 89.9 Å². The second-order valence-electron chi connectivity index (χ2n) is 5.45. The van der Waals surface area contributed by atoms with Gasteiger partial charge < -0.3 is 0 Å². The lowest BCUT2D eigenvalue weighted by Gasteiger charge is -2.31. The minimum Gasteiger partial charge on any atom is -0.173 e. The highest BCUT2D eigenvalue weighted by molar-refractivity contribution is 7.81. The van der Waals surface area contributed by atoms with Gasteiger partial charge in [0.15, 0.2) is 0 Å². The third-order valence-electron chi connectivity index (χ3n) is 2.88. The molecule has 0 fully saturated rings. The van der Waals surface area contributed by atoms with Crippen molar-refractivity contribution >= 4 is 12.6 Å². The van der Waals surface area contributed by atoms with Crippen LogP contribution in [0.5, 0.6) is 0 Å². The average molecular weight is 202 g/mol. The molecule has 0 aliphatic rings. The van der Waals surface area contributed by atoms with E-state index in [9.17, 15) is 0 Å². The molecule has 0 nitrogen and oxygen atoms in total. The molecule has 0 bridgehead atoms. The number of thiol groups is 1. The zero-order chi connectivity index (χ0) is 10.6. The predicted octanol–water partition coefficient (Wildman–Crippen LogP) is 4.40. The Kier molecular flexibility index (Phi) is 5.43. The number of hydrogen-bond donors (Lipinski definition) is 1. The van der Waals surface area contributed by atoms with E-state index in [1.165, 1.54) is 12.8 Å². The standard InChI is InChI=1S/C12H26S/c1-9(2)7-11(5)8-12(6,13)10(3)4/h9-11,13H,7-8H2,1-6H3. The third kappa shape index (κ3) is 5.61. The van der Waals surface area contributed by atoms with Crippen molar-refractivity contribution in [3.63, 3.8) is 0 Å². The molecule has 0 saturated carbocycles. The lowest BCUT2D eigenvalue weighted by atomic mass is 9.84. The zero-order valence-electron chi connectivity index (χ0n) is 10.1. The van der Waals surface area contributed by atoms with E-state index in [1.54, 1.807) is 0 Å². The lowest BCUT2D eigenvalue weighted by Crippen LogP contribution is -2.27. The van der Waals surface area contributed by atoms with Gasteiger partial charge in [0.1, 0.15) is 0 Å². The summed E-state index contributed by atoms with van der Waals surface area (Å²) in [6, 6.07) is 0. The van der Waals surface area contributed by atoms with Gasteiger partial charge in [-0.25, -0.2) is 0 Å². The molecule has 0 spiro atoms. The summed E-state index contributed by atoms with van der Waals surface area (Å²) < 4.78 is 0.203. The van der Waals surface area contributed by atoms with E-state index in [4.69, 9.17) is 12.6 Å². The van der Waals surface area contributed by atoms with Crippen LogP contribution in [0.3, 0.4) is 0 Å². The SMILES string of the molecule is CC(C)CC(C)CC(C)(S)C(C)C. The summed E-state index contributed by atoms with van der Waals surface area (Å²) in [6.45, 7) is 13.7. The Bertz CT molecular complexity index is 136. The predicted molar refractivity (Wildman–Crippen MR) is 65.5 cm³/mol. The van der Waals surface area contributed by atoms with Crippen molar-refractivity contribution in [3.05, 3.63) is 0 Å².